The zero-order valence-electron chi connectivity index (χ0n) is 16.4. The number of rotatable bonds is 5. The van der Waals surface area contributed by atoms with E-state index in [9.17, 15) is 26.7 Å². The van der Waals surface area contributed by atoms with Crippen molar-refractivity contribution in [2.24, 2.45) is 5.92 Å². The van der Waals surface area contributed by atoms with Crippen LogP contribution in [-0.2, 0) is 22.2 Å². The van der Waals surface area contributed by atoms with Crippen LogP contribution in [-0.4, -0.2) is 42.3 Å². The third kappa shape index (κ3) is 4.81. The number of imidazole rings is 1. The highest BCUT2D eigenvalue weighted by atomic mass is 32.2. The van der Waals surface area contributed by atoms with E-state index in [4.69, 9.17) is 0 Å². The van der Waals surface area contributed by atoms with E-state index in [0.29, 0.717) is 41.8 Å². The second kappa shape index (κ2) is 8.72. The highest BCUT2D eigenvalue weighted by Gasteiger charge is 2.34. The summed E-state index contributed by atoms with van der Waals surface area (Å²) in [6, 6.07) is 1.79. The first-order chi connectivity index (χ1) is 14.1. The number of nitrogens with zero attached hydrogens (tertiary/aromatic N) is 5. The zero-order chi connectivity index (χ0) is 22.1. The lowest BCUT2D eigenvalue weighted by molar-refractivity contribution is -0.137. The molecular weight excluding hydrogens is 423 g/mol. The second-order valence-corrected chi connectivity index (χ2v) is 8.11. The van der Waals surface area contributed by atoms with E-state index in [1.165, 1.54) is 0 Å². The summed E-state index contributed by atoms with van der Waals surface area (Å²) >= 11 is -3.02. The summed E-state index contributed by atoms with van der Waals surface area (Å²) in [7, 11) is 0. The molecular formula is C18H21F3N5O3S-. The number of carbonyl (C=O) groups excluding carboxylic acids is 1. The van der Waals surface area contributed by atoms with Gasteiger partial charge >= 0.3 is 6.18 Å². The Labute approximate surface area is 174 Å². The molecule has 2 atom stereocenters. The van der Waals surface area contributed by atoms with Gasteiger partial charge in [-0.1, -0.05) is 0 Å². The quantitative estimate of drug-likeness (QED) is 0.659. The molecule has 0 aliphatic carbocycles. The maximum absolute atomic E-state index is 12.9. The molecule has 1 aliphatic rings. The minimum absolute atomic E-state index is 0.220. The lowest BCUT2D eigenvalue weighted by Crippen LogP contribution is -2.46. The summed E-state index contributed by atoms with van der Waals surface area (Å²) in [5.74, 6) is -1.08. The van der Waals surface area contributed by atoms with Crippen molar-refractivity contribution in [1.29, 1.82) is 0 Å². The Bertz CT molecular complexity index is 917. The molecule has 2 aromatic rings. The van der Waals surface area contributed by atoms with Gasteiger partial charge in [-0.05, 0) is 38.8 Å². The normalized spacial score (nSPS) is 18.5. The van der Waals surface area contributed by atoms with Gasteiger partial charge in [0.25, 0.3) is 0 Å². The van der Waals surface area contributed by atoms with Gasteiger partial charge in [0.15, 0.2) is 0 Å². The van der Waals surface area contributed by atoms with Crippen LogP contribution in [0.5, 0.6) is 0 Å². The first-order valence-corrected chi connectivity index (χ1v) is 10.4. The molecule has 0 spiro atoms. The molecule has 1 saturated heterocycles. The molecule has 0 aromatic carbocycles. The molecule has 3 rings (SSSR count). The van der Waals surface area contributed by atoms with E-state index in [0.717, 1.165) is 6.07 Å². The molecule has 0 N–H and O–H groups in total. The number of alkyl halides is 3. The average molecular weight is 444 g/mol. The molecule has 164 valence electrons. The van der Waals surface area contributed by atoms with Gasteiger partial charge in [-0.2, -0.15) is 13.2 Å². The van der Waals surface area contributed by atoms with Crippen LogP contribution in [0.2, 0.25) is 0 Å². The van der Waals surface area contributed by atoms with Crippen LogP contribution in [0.25, 0.3) is 0 Å². The van der Waals surface area contributed by atoms with Gasteiger partial charge in [0, 0.05) is 31.5 Å². The minimum Gasteiger partial charge on any atom is -0.755 e. The van der Waals surface area contributed by atoms with E-state index in [1.807, 2.05) is 29.5 Å². The third-order valence-electron chi connectivity index (χ3n) is 4.91. The van der Waals surface area contributed by atoms with Crippen LogP contribution in [0.1, 0.15) is 38.3 Å². The first-order valence-electron chi connectivity index (χ1n) is 9.33. The Hall–Kier alpha value is -2.47. The standard InChI is InChI=1S/C18H22F3N5O3S/c1-12(2)25-10-16(23-11-25)24-7-3-4-13(9-24)17(27)26(30(28)29)15-6-5-14(8-22-15)18(19,20)21/h5-6,8,10-13H,3-4,7,9H2,1-2H3,(H,28,29)/p-1/t13-/m1/s1. The van der Waals surface area contributed by atoms with Crippen LogP contribution in [0.15, 0.2) is 30.9 Å². The van der Waals surface area contributed by atoms with Crippen molar-refractivity contribution in [2.75, 3.05) is 22.3 Å². The highest BCUT2D eigenvalue weighted by Crippen LogP contribution is 2.30. The van der Waals surface area contributed by atoms with E-state index in [1.54, 1.807) is 6.33 Å². The van der Waals surface area contributed by atoms with Gasteiger partial charge in [-0.25, -0.2) is 14.3 Å². The zero-order valence-corrected chi connectivity index (χ0v) is 17.2. The number of halogens is 3. The Morgan fingerprint density at radius 2 is 2.07 bits per heavy atom. The topological polar surface area (TPSA) is 94.4 Å². The molecule has 30 heavy (non-hydrogen) atoms. The minimum atomic E-state index is -4.61. The van der Waals surface area contributed by atoms with Gasteiger partial charge in [0.1, 0.15) is 11.6 Å². The summed E-state index contributed by atoms with van der Waals surface area (Å²) in [4.78, 5) is 22.7. The van der Waals surface area contributed by atoms with Gasteiger partial charge in [-0.15, -0.1) is 0 Å². The van der Waals surface area contributed by atoms with Gasteiger partial charge in [0.2, 0.25) is 5.91 Å². The van der Waals surface area contributed by atoms with Crippen LogP contribution in [0.3, 0.4) is 0 Å². The maximum atomic E-state index is 12.9. The van der Waals surface area contributed by atoms with E-state index >= 15 is 0 Å². The molecule has 8 nitrogen and oxygen atoms in total. The molecule has 3 heterocycles. The average Bonchev–Trinajstić information content (AvgIpc) is 3.18. The summed E-state index contributed by atoms with van der Waals surface area (Å²) in [5, 5.41) is 0. The first kappa shape index (κ1) is 22.2. The van der Waals surface area contributed by atoms with Crippen LogP contribution >= 0.6 is 0 Å². The molecule has 0 saturated carbocycles. The van der Waals surface area contributed by atoms with E-state index in [-0.39, 0.29) is 18.4 Å². The van der Waals surface area contributed by atoms with Gasteiger partial charge in [0.05, 0.1) is 29.1 Å². The Kier molecular flexibility index (Phi) is 6.46. The van der Waals surface area contributed by atoms with E-state index < -0.39 is 34.8 Å². The SMILES string of the molecule is CC(C)n1cnc(N2CCC[C@@H](C(=O)N(c3ccc(C(F)(F)F)cn3)S(=O)[O-])C2)c1. The van der Waals surface area contributed by atoms with Crippen molar-refractivity contribution in [3.05, 3.63) is 36.4 Å². The Morgan fingerprint density at radius 3 is 2.60 bits per heavy atom. The number of hydrogen-bond donors (Lipinski definition) is 0. The Morgan fingerprint density at radius 1 is 1.33 bits per heavy atom. The van der Waals surface area contributed by atoms with Crippen LogP contribution < -0.4 is 9.21 Å². The van der Waals surface area contributed by atoms with Crippen molar-refractivity contribution in [1.82, 2.24) is 14.5 Å². The molecule has 1 unspecified atom stereocenters. The molecule has 1 amide bonds. The summed E-state index contributed by atoms with van der Waals surface area (Å²) in [6.07, 6.45) is 0.544. The predicted octanol–water partition coefficient (Wildman–Crippen LogP) is 2.92. The molecule has 2 aromatic heterocycles. The van der Waals surface area contributed by atoms with Crippen molar-refractivity contribution >= 4 is 28.8 Å². The third-order valence-corrected chi connectivity index (χ3v) is 5.58. The highest BCUT2D eigenvalue weighted by molar-refractivity contribution is 7.81. The molecule has 12 heteroatoms. The monoisotopic (exact) mass is 444 g/mol. The predicted molar refractivity (Wildman–Crippen MR) is 103 cm³/mol. The fourth-order valence-corrected chi connectivity index (χ4v) is 3.82. The van der Waals surface area contributed by atoms with Crippen LogP contribution in [0, 0.1) is 5.92 Å². The summed E-state index contributed by atoms with van der Waals surface area (Å²) < 4.78 is 63.9. The van der Waals surface area contributed by atoms with Gasteiger partial charge < -0.3 is 14.0 Å². The molecule has 0 radical (unpaired) electrons. The number of amides is 1. The fraction of sp³-hybridized carbons (Fsp3) is 0.500. The van der Waals surface area contributed by atoms with Crippen molar-refractivity contribution < 1.29 is 26.7 Å². The second-order valence-electron chi connectivity index (χ2n) is 7.31. The Balaban J connectivity index is 1.78. The number of carbonyl (C=O) groups is 1. The van der Waals surface area contributed by atoms with Gasteiger partial charge in [-0.3, -0.25) is 9.00 Å². The number of anilines is 2. The summed E-state index contributed by atoms with van der Waals surface area (Å²) in [6.45, 7) is 4.93. The number of aromatic nitrogens is 3. The van der Waals surface area contributed by atoms with E-state index in [2.05, 4.69) is 9.97 Å². The lowest BCUT2D eigenvalue weighted by Gasteiger charge is -2.35. The molecule has 1 fully saturated rings. The van der Waals surface area contributed by atoms with Crippen molar-refractivity contribution in [3.8, 4) is 0 Å². The molecule has 1 aliphatic heterocycles. The number of piperidine rings is 1. The fourth-order valence-electron chi connectivity index (χ4n) is 3.26. The van der Waals surface area contributed by atoms with Crippen molar-refractivity contribution in [3.63, 3.8) is 0 Å². The smallest absolute Gasteiger partial charge is 0.417 e. The molecule has 0 bridgehead atoms. The number of pyridine rings is 1. The van der Waals surface area contributed by atoms with Crippen molar-refractivity contribution in [2.45, 2.75) is 38.9 Å². The summed E-state index contributed by atoms with van der Waals surface area (Å²) in [5.41, 5.74) is -1.03. The lowest BCUT2D eigenvalue weighted by atomic mass is 9.97. The largest absolute Gasteiger partial charge is 0.755 e. The maximum Gasteiger partial charge on any atom is 0.417 e. The van der Waals surface area contributed by atoms with Crippen LogP contribution in [0.4, 0.5) is 24.8 Å². The number of hydrogen-bond acceptors (Lipinski definition) is 6.